The molecule has 0 aromatic rings. The van der Waals surface area contributed by atoms with Gasteiger partial charge in [0.25, 0.3) is 6.29 Å². The van der Waals surface area contributed by atoms with Gasteiger partial charge >= 0.3 is 12.1 Å². The smallest absolute Gasteiger partial charge is 0.511 e. The van der Waals surface area contributed by atoms with E-state index in [1.165, 1.54) is 6.92 Å². The lowest BCUT2D eigenvalue weighted by Gasteiger charge is -2.31. The van der Waals surface area contributed by atoms with Crippen LogP contribution in [0.25, 0.3) is 0 Å². The second kappa shape index (κ2) is 5.89. The molecule has 1 unspecified atom stereocenters. The molecule has 0 aromatic heterocycles. The highest BCUT2D eigenvalue weighted by atomic mass is 16.8. The van der Waals surface area contributed by atoms with Crippen LogP contribution in [-0.4, -0.2) is 53.7 Å². The Morgan fingerprint density at radius 3 is 2.67 bits per heavy atom. The zero-order chi connectivity index (χ0) is 13.7. The van der Waals surface area contributed by atoms with Crippen LogP contribution in [0.5, 0.6) is 0 Å². The van der Waals surface area contributed by atoms with Crippen molar-refractivity contribution >= 4 is 12.1 Å². The maximum Gasteiger partial charge on any atom is 0.511 e. The van der Waals surface area contributed by atoms with E-state index >= 15 is 0 Å². The Labute approximate surface area is 102 Å². The molecular weight excluding hydrogens is 250 g/mol. The number of methoxy groups -OCH3 is 1. The van der Waals surface area contributed by atoms with E-state index in [-0.39, 0.29) is 18.1 Å². The number of aliphatic carboxylic acids is 1. The van der Waals surface area contributed by atoms with Crippen molar-refractivity contribution in [3.8, 4) is 0 Å². The summed E-state index contributed by atoms with van der Waals surface area (Å²) in [6.45, 7) is 1.44. The van der Waals surface area contributed by atoms with Crippen LogP contribution in [0.2, 0.25) is 0 Å². The van der Waals surface area contributed by atoms with Gasteiger partial charge in [-0.2, -0.15) is 0 Å². The summed E-state index contributed by atoms with van der Waals surface area (Å²) in [5, 5.41) is 24.1. The first-order valence-electron chi connectivity index (χ1n) is 5.00. The number of carboxylic acid groups (broad SMARTS) is 1. The summed E-state index contributed by atoms with van der Waals surface area (Å²) in [6.07, 6.45) is -2.06. The van der Waals surface area contributed by atoms with Crippen molar-refractivity contribution in [3.05, 3.63) is 5.21 Å². The number of nitrogens with zero attached hydrogens (tertiary/aromatic N) is 3. The van der Waals surface area contributed by atoms with Crippen molar-refractivity contribution < 1.29 is 34.0 Å². The fourth-order valence-corrected chi connectivity index (χ4v) is 1.11. The normalized spacial score (nSPS) is 17.7. The molecule has 1 rings (SSSR count). The summed E-state index contributed by atoms with van der Waals surface area (Å²) >= 11 is 0. The minimum Gasteiger partial charge on any atom is -0.569 e. The van der Waals surface area contributed by atoms with Crippen LogP contribution in [0, 0.1) is 11.1 Å². The molecule has 1 aliphatic heterocycles. The molecule has 1 N–H and O–H groups in total. The average molecular weight is 263 g/mol. The second-order valence-electron chi connectivity index (χ2n) is 3.49. The predicted molar refractivity (Wildman–Crippen MR) is 52.8 cm³/mol. The van der Waals surface area contributed by atoms with Crippen LogP contribution in [0.4, 0.5) is 4.79 Å². The van der Waals surface area contributed by atoms with Crippen LogP contribution >= 0.6 is 0 Å². The largest absolute Gasteiger partial charge is 0.569 e. The van der Waals surface area contributed by atoms with Crippen molar-refractivity contribution in [1.82, 2.24) is 5.01 Å². The lowest BCUT2D eigenvalue weighted by Crippen LogP contribution is -2.53. The van der Waals surface area contributed by atoms with E-state index in [0.717, 1.165) is 12.1 Å². The first-order chi connectivity index (χ1) is 8.43. The minimum absolute atomic E-state index is 0.0535. The third-order valence-corrected chi connectivity index (χ3v) is 2.15. The fourth-order valence-electron chi connectivity index (χ4n) is 1.11. The van der Waals surface area contributed by atoms with E-state index < -0.39 is 24.3 Å². The number of hydrogen-bond acceptors (Lipinski definition) is 7. The Bertz CT molecular complexity index is 353. The SMILES string of the molecule is COC(=O)OC(C)O/N=[N+](\[O-])N1CC(C(=O)O)C1. The third-order valence-electron chi connectivity index (χ3n) is 2.15. The Morgan fingerprint density at radius 2 is 2.17 bits per heavy atom. The maximum atomic E-state index is 11.2. The number of rotatable bonds is 5. The summed E-state index contributed by atoms with van der Waals surface area (Å²) in [7, 11) is 1.12. The van der Waals surface area contributed by atoms with Gasteiger partial charge in [-0.15, -0.1) is 5.01 Å². The van der Waals surface area contributed by atoms with Gasteiger partial charge in [0, 0.05) is 6.92 Å². The molecule has 0 spiro atoms. The highest BCUT2D eigenvalue weighted by molar-refractivity contribution is 5.71. The highest BCUT2D eigenvalue weighted by Crippen LogP contribution is 2.15. The molecule has 0 saturated carbocycles. The van der Waals surface area contributed by atoms with Crippen LogP contribution in [0.15, 0.2) is 5.28 Å². The van der Waals surface area contributed by atoms with Crippen molar-refractivity contribution in [3.63, 3.8) is 0 Å². The Kier molecular flexibility index (Phi) is 4.52. The van der Waals surface area contributed by atoms with Gasteiger partial charge in [0.05, 0.1) is 25.2 Å². The van der Waals surface area contributed by atoms with Crippen LogP contribution in [0.1, 0.15) is 6.92 Å². The van der Waals surface area contributed by atoms with Crippen molar-refractivity contribution in [2.75, 3.05) is 20.2 Å². The third kappa shape index (κ3) is 3.64. The molecule has 10 nitrogen and oxygen atoms in total. The van der Waals surface area contributed by atoms with Gasteiger partial charge in [-0.05, 0) is 0 Å². The maximum absolute atomic E-state index is 11.2. The monoisotopic (exact) mass is 263 g/mol. The molecule has 1 heterocycles. The van der Waals surface area contributed by atoms with E-state index in [2.05, 4.69) is 19.6 Å². The zero-order valence-corrected chi connectivity index (χ0v) is 9.81. The van der Waals surface area contributed by atoms with Crippen molar-refractivity contribution in [2.24, 2.45) is 11.2 Å². The topological polar surface area (TPSA) is 124 Å². The summed E-state index contributed by atoms with van der Waals surface area (Å²) in [4.78, 5) is 25.8. The quantitative estimate of drug-likeness (QED) is 0.240. The summed E-state index contributed by atoms with van der Waals surface area (Å²) in [5.41, 5.74) is 0. The predicted octanol–water partition coefficient (Wildman–Crippen LogP) is -0.0591. The molecule has 0 aliphatic carbocycles. The van der Waals surface area contributed by atoms with Crippen molar-refractivity contribution in [2.45, 2.75) is 13.2 Å². The molecule has 1 fully saturated rings. The molecule has 1 aliphatic rings. The molecule has 18 heavy (non-hydrogen) atoms. The second-order valence-corrected chi connectivity index (χ2v) is 3.49. The number of ether oxygens (including phenoxy) is 2. The van der Waals surface area contributed by atoms with E-state index in [0.29, 0.717) is 0 Å². The van der Waals surface area contributed by atoms with E-state index in [4.69, 9.17) is 5.11 Å². The van der Waals surface area contributed by atoms with Crippen molar-refractivity contribution in [1.29, 1.82) is 0 Å². The van der Waals surface area contributed by atoms with Gasteiger partial charge < -0.3 is 19.8 Å². The number of hydrazine groups is 1. The van der Waals surface area contributed by atoms with Gasteiger partial charge in [0.2, 0.25) is 5.28 Å². The molecule has 102 valence electrons. The first-order valence-corrected chi connectivity index (χ1v) is 5.00. The van der Waals surface area contributed by atoms with Crippen LogP contribution in [0.3, 0.4) is 0 Å². The van der Waals surface area contributed by atoms with Gasteiger partial charge in [-0.3, -0.25) is 9.63 Å². The lowest BCUT2D eigenvalue weighted by molar-refractivity contribution is -0.727. The molecule has 1 atom stereocenters. The van der Waals surface area contributed by atoms with Gasteiger partial charge in [-0.1, -0.05) is 0 Å². The Balaban J connectivity index is 2.30. The van der Waals surface area contributed by atoms with E-state index in [1.807, 2.05) is 0 Å². The summed E-state index contributed by atoms with van der Waals surface area (Å²) in [5.74, 6) is -1.55. The zero-order valence-electron chi connectivity index (χ0n) is 9.81. The standard InChI is InChI=1S/C8H13N3O7/c1-5(17-8(14)16-2)18-9-11(15)10-3-6(4-10)7(12)13/h5-6H,3-4H2,1-2H3,(H,12,13)/b11-9-. The molecule has 0 aromatic carbocycles. The van der Waals surface area contributed by atoms with Gasteiger partial charge in [-0.25, -0.2) is 4.79 Å². The molecule has 0 bridgehead atoms. The van der Waals surface area contributed by atoms with E-state index in [9.17, 15) is 14.8 Å². The number of carbonyl (C=O) groups is 2. The number of carboxylic acids is 1. The first kappa shape index (κ1) is 13.8. The van der Waals surface area contributed by atoms with Gasteiger partial charge in [0.15, 0.2) is 0 Å². The lowest BCUT2D eigenvalue weighted by atomic mass is 10.0. The van der Waals surface area contributed by atoms with Gasteiger partial charge in [0.1, 0.15) is 5.92 Å². The molecular formula is C8H13N3O7. The minimum atomic E-state index is -1.09. The average Bonchev–Trinajstić information content (AvgIpc) is 2.23. The Hall–Kier alpha value is -2.26. The summed E-state index contributed by atoms with van der Waals surface area (Å²) in [6, 6.07) is 0. The van der Waals surface area contributed by atoms with Crippen LogP contribution < -0.4 is 0 Å². The molecule has 0 amide bonds. The number of carbonyl (C=O) groups excluding carboxylic acids is 1. The molecule has 1 saturated heterocycles. The molecule has 0 radical (unpaired) electrons. The fraction of sp³-hybridized carbons (Fsp3) is 0.750. The summed E-state index contributed by atoms with van der Waals surface area (Å²) < 4.78 is 8.68. The Morgan fingerprint density at radius 1 is 1.56 bits per heavy atom. The molecule has 10 heteroatoms. The van der Waals surface area contributed by atoms with Crippen LogP contribution in [-0.2, 0) is 19.1 Å². The van der Waals surface area contributed by atoms with E-state index in [1.54, 1.807) is 0 Å². The number of hydrogen-bond donors (Lipinski definition) is 1. The highest BCUT2D eigenvalue weighted by Gasteiger charge is 2.38.